The van der Waals surface area contributed by atoms with E-state index in [1.165, 1.54) is 11.8 Å². The molecular formula is C14H13BrN2O2S. The molecule has 0 radical (unpaired) electrons. The molecule has 104 valence electrons. The van der Waals surface area contributed by atoms with E-state index in [0.29, 0.717) is 5.56 Å². The Hall–Kier alpha value is -1.66. The lowest BCUT2D eigenvalue weighted by Gasteiger charge is -2.09. The maximum Gasteiger partial charge on any atom is 0.171 e. The third-order valence-corrected chi connectivity index (χ3v) is 4.15. The van der Waals surface area contributed by atoms with Gasteiger partial charge in [-0.3, -0.25) is 0 Å². The highest BCUT2D eigenvalue weighted by molar-refractivity contribution is 9.10. The molecule has 0 aromatic heterocycles. The van der Waals surface area contributed by atoms with Crippen LogP contribution in [0.2, 0.25) is 0 Å². The van der Waals surface area contributed by atoms with Crippen LogP contribution in [0.5, 0.6) is 5.75 Å². The van der Waals surface area contributed by atoms with Crippen molar-refractivity contribution >= 4 is 33.5 Å². The van der Waals surface area contributed by atoms with Crippen LogP contribution in [0.3, 0.4) is 0 Å². The zero-order valence-electron chi connectivity index (χ0n) is 10.7. The van der Waals surface area contributed by atoms with E-state index in [9.17, 15) is 0 Å². The van der Waals surface area contributed by atoms with E-state index in [4.69, 9.17) is 15.7 Å². The number of nitrogens with zero attached hydrogens (tertiary/aromatic N) is 1. The first-order valence-electron chi connectivity index (χ1n) is 5.73. The number of rotatable bonds is 4. The first-order chi connectivity index (χ1) is 9.63. The van der Waals surface area contributed by atoms with E-state index in [0.717, 1.165) is 20.0 Å². The number of halogens is 1. The second-order valence-electron chi connectivity index (χ2n) is 3.91. The normalized spacial score (nSPS) is 11.4. The highest BCUT2D eigenvalue weighted by Gasteiger charge is 2.10. The van der Waals surface area contributed by atoms with Gasteiger partial charge >= 0.3 is 0 Å². The predicted octanol–water partition coefficient (Wildman–Crippen LogP) is 3.70. The Kier molecular flexibility index (Phi) is 4.92. The third kappa shape index (κ3) is 3.46. The topological polar surface area (TPSA) is 67.8 Å². The molecular weight excluding hydrogens is 340 g/mol. The van der Waals surface area contributed by atoms with Gasteiger partial charge in [0.15, 0.2) is 5.84 Å². The van der Waals surface area contributed by atoms with Crippen molar-refractivity contribution in [3.05, 3.63) is 52.5 Å². The number of hydrogen-bond donors (Lipinski definition) is 2. The number of hydrogen-bond acceptors (Lipinski definition) is 4. The molecule has 0 saturated carbocycles. The van der Waals surface area contributed by atoms with Gasteiger partial charge in [0.1, 0.15) is 5.75 Å². The van der Waals surface area contributed by atoms with E-state index in [-0.39, 0.29) is 5.84 Å². The molecule has 0 unspecified atom stereocenters. The summed E-state index contributed by atoms with van der Waals surface area (Å²) in [6, 6.07) is 13.4. The largest absolute Gasteiger partial charge is 0.497 e. The van der Waals surface area contributed by atoms with Gasteiger partial charge in [0.05, 0.1) is 7.11 Å². The van der Waals surface area contributed by atoms with Gasteiger partial charge in [-0.05, 0) is 36.4 Å². The molecule has 20 heavy (non-hydrogen) atoms. The Morgan fingerprint density at radius 2 is 2.10 bits per heavy atom. The average Bonchev–Trinajstić information content (AvgIpc) is 2.48. The van der Waals surface area contributed by atoms with E-state index in [1.54, 1.807) is 7.11 Å². The molecule has 2 rings (SSSR count). The van der Waals surface area contributed by atoms with Crippen LogP contribution in [0.25, 0.3) is 0 Å². The SMILES string of the molecule is COc1cccc(Sc2ccc(Br)cc2/C(N)=N/O)c1. The second kappa shape index (κ2) is 6.67. The summed E-state index contributed by atoms with van der Waals surface area (Å²) < 4.78 is 6.07. The van der Waals surface area contributed by atoms with Crippen LogP contribution in [0, 0.1) is 0 Å². The van der Waals surface area contributed by atoms with Crippen molar-refractivity contribution in [1.82, 2.24) is 0 Å². The standard InChI is InChI=1S/C14H13BrN2O2S/c1-19-10-3-2-4-11(8-10)20-13-6-5-9(15)7-12(13)14(16)17-18/h2-8,18H,1H3,(H2,16,17). The highest BCUT2D eigenvalue weighted by atomic mass is 79.9. The van der Waals surface area contributed by atoms with E-state index >= 15 is 0 Å². The predicted molar refractivity (Wildman–Crippen MR) is 83.8 cm³/mol. The fourth-order valence-corrected chi connectivity index (χ4v) is 2.98. The van der Waals surface area contributed by atoms with E-state index < -0.39 is 0 Å². The van der Waals surface area contributed by atoms with Crippen molar-refractivity contribution in [1.29, 1.82) is 0 Å². The van der Waals surface area contributed by atoms with Gasteiger partial charge in [-0.1, -0.05) is 38.9 Å². The lowest BCUT2D eigenvalue weighted by molar-refractivity contribution is 0.318. The molecule has 0 spiro atoms. The fraction of sp³-hybridized carbons (Fsp3) is 0.0714. The summed E-state index contributed by atoms with van der Waals surface area (Å²) in [4.78, 5) is 1.91. The molecule has 0 amide bonds. The minimum Gasteiger partial charge on any atom is -0.497 e. The Labute approximate surface area is 129 Å². The number of oxime groups is 1. The molecule has 3 N–H and O–H groups in total. The lowest BCUT2D eigenvalue weighted by atomic mass is 10.2. The van der Waals surface area contributed by atoms with Crippen LogP contribution in [-0.2, 0) is 0 Å². The van der Waals surface area contributed by atoms with Crippen molar-refractivity contribution in [3.63, 3.8) is 0 Å². The molecule has 0 bridgehead atoms. The molecule has 2 aromatic carbocycles. The number of amidine groups is 1. The molecule has 0 aliphatic carbocycles. The van der Waals surface area contributed by atoms with Crippen LogP contribution >= 0.6 is 27.7 Å². The van der Waals surface area contributed by atoms with Crippen LogP contribution in [0.4, 0.5) is 0 Å². The maximum atomic E-state index is 8.87. The summed E-state index contributed by atoms with van der Waals surface area (Å²) in [5.41, 5.74) is 6.39. The van der Waals surface area contributed by atoms with Gasteiger partial charge in [-0.2, -0.15) is 0 Å². The molecule has 0 saturated heterocycles. The monoisotopic (exact) mass is 352 g/mol. The van der Waals surface area contributed by atoms with Crippen molar-refractivity contribution in [3.8, 4) is 5.75 Å². The summed E-state index contributed by atoms with van der Waals surface area (Å²) in [5.74, 6) is 0.870. The number of ether oxygens (including phenoxy) is 1. The molecule has 0 aliphatic rings. The lowest BCUT2D eigenvalue weighted by Crippen LogP contribution is -2.14. The maximum absolute atomic E-state index is 8.87. The molecule has 4 nitrogen and oxygen atoms in total. The zero-order valence-corrected chi connectivity index (χ0v) is 13.1. The average molecular weight is 353 g/mol. The van der Waals surface area contributed by atoms with Crippen LogP contribution in [0.15, 0.2) is 61.9 Å². The Morgan fingerprint density at radius 3 is 2.80 bits per heavy atom. The second-order valence-corrected chi connectivity index (χ2v) is 5.94. The quantitative estimate of drug-likeness (QED) is 0.381. The van der Waals surface area contributed by atoms with Crippen molar-refractivity contribution < 1.29 is 9.94 Å². The minimum absolute atomic E-state index is 0.0803. The molecule has 0 atom stereocenters. The smallest absolute Gasteiger partial charge is 0.171 e. The van der Waals surface area contributed by atoms with Gasteiger partial charge in [0.25, 0.3) is 0 Å². The van der Waals surface area contributed by atoms with Gasteiger partial charge in [-0.25, -0.2) is 0 Å². The van der Waals surface area contributed by atoms with Gasteiger partial charge < -0.3 is 15.7 Å². The Balaban J connectivity index is 2.37. The Bertz CT molecular complexity index is 647. The highest BCUT2D eigenvalue weighted by Crippen LogP contribution is 2.33. The summed E-state index contributed by atoms with van der Waals surface area (Å²) in [6.07, 6.45) is 0. The van der Waals surface area contributed by atoms with Crippen LogP contribution in [0.1, 0.15) is 5.56 Å². The summed E-state index contributed by atoms with van der Waals surface area (Å²) in [7, 11) is 1.63. The van der Waals surface area contributed by atoms with Gasteiger partial charge in [0.2, 0.25) is 0 Å². The molecule has 2 aromatic rings. The van der Waals surface area contributed by atoms with Gasteiger partial charge in [0, 0.05) is 19.8 Å². The van der Waals surface area contributed by atoms with E-state index in [1.807, 2.05) is 42.5 Å². The van der Waals surface area contributed by atoms with Crippen molar-refractivity contribution in [2.75, 3.05) is 7.11 Å². The van der Waals surface area contributed by atoms with Crippen molar-refractivity contribution in [2.24, 2.45) is 10.9 Å². The summed E-state index contributed by atoms with van der Waals surface area (Å²) in [5, 5.41) is 11.9. The van der Waals surface area contributed by atoms with Gasteiger partial charge in [-0.15, -0.1) is 0 Å². The third-order valence-electron chi connectivity index (χ3n) is 2.59. The van der Waals surface area contributed by atoms with Crippen molar-refractivity contribution in [2.45, 2.75) is 9.79 Å². The molecule has 0 aliphatic heterocycles. The summed E-state index contributed by atoms with van der Waals surface area (Å²) >= 11 is 4.90. The summed E-state index contributed by atoms with van der Waals surface area (Å²) in [6.45, 7) is 0. The van der Waals surface area contributed by atoms with Crippen LogP contribution in [-0.4, -0.2) is 18.2 Å². The fourth-order valence-electron chi connectivity index (χ4n) is 1.64. The minimum atomic E-state index is 0.0803. The number of nitrogens with two attached hydrogens (primary N) is 1. The first-order valence-corrected chi connectivity index (χ1v) is 7.34. The molecule has 0 heterocycles. The first kappa shape index (κ1) is 14.7. The number of benzene rings is 2. The molecule has 0 fully saturated rings. The molecule has 6 heteroatoms. The Morgan fingerprint density at radius 1 is 1.30 bits per heavy atom. The van der Waals surface area contributed by atoms with E-state index in [2.05, 4.69) is 21.1 Å². The number of methoxy groups -OCH3 is 1. The zero-order chi connectivity index (χ0) is 14.5. The van der Waals surface area contributed by atoms with Crippen LogP contribution < -0.4 is 10.5 Å².